The summed E-state index contributed by atoms with van der Waals surface area (Å²) in [6, 6.07) is 17.3. The number of carbonyl (C=O) groups is 1. The Morgan fingerprint density at radius 2 is 1.97 bits per heavy atom. The molecule has 0 saturated carbocycles. The smallest absolute Gasteiger partial charge is 0.288 e. The summed E-state index contributed by atoms with van der Waals surface area (Å²) in [6.07, 6.45) is 2.79. The molecule has 31 heavy (non-hydrogen) atoms. The lowest BCUT2D eigenvalue weighted by Gasteiger charge is -2.08. The van der Waals surface area contributed by atoms with Gasteiger partial charge in [-0.2, -0.15) is 0 Å². The van der Waals surface area contributed by atoms with E-state index in [1.165, 1.54) is 24.3 Å². The van der Waals surface area contributed by atoms with Crippen molar-refractivity contribution in [2.75, 3.05) is 5.32 Å². The lowest BCUT2D eigenvalue weighted by atomic mass is 10.1. The van der Waals surface area contributed by atoms with Gasteiger partial charge in [-0.1, -0.05) is 35.9 Å². The molecule has 0 bridgehead atoms. The molecule has 0 radical (unpaired) electrons. The molecule has 7 nitrogen and oxygen atoms in total. The predicted octanol–water partition coefficient (Wildman–Crippen LogP) is 6.02. The molecule has 8 heteroatoms. The van der Waals surface area contributed by atoms with E-state index in [9.17, 15) is 14.9 Å². The van der Waals surface area contributed by atoms with Crippen LogP contribution in [0.25, 0.3) is 28.6 Å². The zero-order valence-electron chi connectivity index (χ0n) is 16.3. The lowest BCUT2D eigenvalue weighted by molar-refractivity contribution is -0.384. The van der Waals surface area contributed by atoms with Crippen molar-refractivity contribution in [2.45, 2.75) is 6.92 Å². The summed E-state index contributed by atoms with van der Waals surface area (Å²) in [6.45, 7) is 1.87. The number of nitro benzene ring substituents is 1. The molecule has 0 aliphatic heterocycles. The van der Waals surface area contributed by atoms with Crippen molar-refractivity contribution in [3.63, 3.8) is 0 Å². The number of para-hydroxylation sites is 2. The maximum Gasteiger partial charge on any atom is 0.288 e. The van der Waals surface area contributed by atoms with Crippen molar-refractivity contribution >= 4 is 46.1 Å². The zero-order chi connectivity index (χ0) is 22.0. The second-order valence-electron chi connectivity index (χ2n) is 6.81. The Bertz CT molecular complexity index is 1310. The van der Waals surface area contributed by atoms with Crippen molar-refractivity contribution in [1.29, 1.82) is 0 Å². The Morgan fingerprint density at radius 1 is 1.16 bits per heavy atom. The first-order chi connectivity index (χ1) is 14.9. The van der Waals surface area contributed by atoms with Crippen LogP contribution in [0.15, 0.2) is 71.2 Å². The standard InChI is InChI=1S/C23H16ClN3O4/c1-14-6-9-16(23-26-18-4-2-3-5-21(18)31-23)13-19(14)25-22(28)11-8-15-7-10-17(24)20(12-15)27(29)30/h2-13H,1H3,(H,25,28). The molecule has 4 rings (SSSR count). The number of nitrogens with zero attached hydrogens (tertiary/aromatic N) is 2. The minimum atomic E-state index is -0.569. The van der Waals surface area contributed by atoms with Crippen LogP contribution in [-0.2, 0) is 4.79 Å². The van der Waals surface area contributed by atoms with Crippen LogP contribution in [0.5, 0.6) is 0 Å². The van der Waals surface area contributed by atoms with E-state index in [1.54, 1.807) is 12.1 Å². The Labute approximate surface area is 182 Å². The Hall–Kier alpha value is -3.97. The zero-order valence-corrected chi connectivity index (χ0v) is 17.1. The van der Waals surface area contributed by atoms with E-state index < -0.39 is 4.92 Å². The number of oxazole rings is 1. The SMILES string of the molecule is Cc1ccc(-c2nc3ccccc3o2)cc1NC(=O)C=Cc1ccc(Cl)c([N+](=O)[O-])c1. The summed E-state index contributed by atoms with van der Waals surface area (Å²) in [5, 5.41) is 13.9. The topological polar surface area (TPSA) is 98.3 Å². The summed E-state index contributed by atoms with van der Waals surface area (Å²) < 4.78 is 5.80. The van der Waals surface area contributed by atoms with Crippen LogP contribution >= 0.6 is 11.6 Å². The van der Waals surface area contributed by atoms with Gasteiger partial charge in [0.2, 0.25) is 11.8 Å². The summed E-state index contributed by atoms with van der Waals surface area (Å²) in [5.74, 6) is 0.0798. The lowest BCUT2D eigenvalue weighted by Crippen LogP contribution is -2.09. The summed E-state index contributed by atoms with van der Waals surface area (Å²) in [5.41, 5.74) is 3.91. The minimum absolute atomic E-state index is 0.0400. The molecule has 1 heterocycles. The number of carbonyl (C=O) groups excluding carboxylic acids is 1. The number of amides is 1. The van der Waals surface area contributed by atoms with Crippen LogP contribution in [0.2, 0.25) is 5.02 Å². The quantitative estimate of drug-likeness (QED) is 0.236. The highest BCUT2D eigenvalue weighted by Crippen LogP contribution is 2.28. The maximum absolute atomic E-state index is 12.4. The molecule has 0 atom stereocenters. The van der Waals surface area contributed by atoms with Crippen molar-refractivity contribution < 1.29 is 14.1 Å². The van der Waals surface area contributed by atoms with Gasteiger partial charge in [-0.3, -0.25) is 14.9 Å². The molecule has 1 aromatic heterocycles. The molecule has 3 aromatic carbocycles. The number of aryl methyl sites for hydroxylation is 1. The highest BCUT2D eigenvalue weighted by Gasteiger charge is 2.13. The maximum atomic E-state index is 12.4. The molecule has 0 spiro atoms. The number of anilines is 1. The Balaban J connectivity index is 1.54. The molecule has 0 fully saturated rings. The normalized spacial score (nSPS) is 11.2. The molecule has 0 unspecified atom stereocenters. The number of nitro groups is 1. The van der Waals surface area contributed by atoms with Crippen LogP contribution in [0.4, 0.5) is 11.4 Å². The van der Waals surface area contributed by atoms with Crippen molar-refractivity contribution in [1.82, 2.24) is 4.98 Å². The van der Waals surface area contributed by atoms with E-state index in [1.807, 2.05) is 43.3 Å². The van der Waals surface area contributed by atoms with E-state index >= 15 is 0 Å². The van der Waals surface area contributed by atoms with Gasteiger partial charge in [-0.05, 0) is 54.5 Å². The second kappa shape index (κ2) is 8.41. The number of hydrogen-bond acceptors (Lipinski definition) is 5. The van der Waals surface area contributed by atoms with E-state index in [4.69, 9.17) is 16.0 Å². The fourth-order valence-electron chi connectivity index (χ4n) is 3.00. The number of nitrogens with one attached hydrogen (secondary N) is 1. The van der Waals surface area contributed by atoms with E-state index in [2.05, 4.69) is 10.3 Å². The summed E-state index contributed by atoms with van der Waals surface area (Å²) in [4.78, 5) is 27.3. The van der Waals surface area contributed by atoms with Gasteiger partial charge in [0, 0.05) is 23.4 Å². The third-order valence-corrected chi connectivity index (χ3v) is 4.95. The predicted molar refractivity (Wildman–Crippen MR) is 120 cm³/mol. The summed E-state index contributed by atoms with van der Waals surface area (Å²) in [7, 11) is 0. The summed E-state index contributed by atoms with van der Waals surface area (Å²) >= 11 is 5.81. The van der Waals surface area contributed by atoms with Gasteiger partial charge in [0.25, 0.3) is 5.69 Å². The van der Waals surface area contributed by atoms with Gasteiger partial charge < -0.3 is 9.73 Å². The first-order valence-electron chi connectivity index (χ1n) is 9.30. The van der Waals surface area contributed by atoms with Gasteiger partial charge in [-0.25, -0.2) is 4.98 Å². The van der Waals surface area contributed by atoms with Crippen molar-refractivity contribution in [3.8, 4) is 11.5 Å². The Kier molecular flexibility index (Phi) is 5.51. The third-order valence-electron chi connectivity index (χ3n) is 4.63. The van der Waals surface area contributed by atoms with Crippen LogP contribution in [0, 0.1) is 17.0 Å². The van der Waals surface area contributed by atoms with Crippen LogP contribution in [-0.4, -0.2) is 15.8 Å². The second-order valence-corrected chi connectivity index (χ2v) is 7.21. The van der Waals surface area contributed by atoms with Gasteiger partial charge in [0.15, 0.2) is 5.58 Å². The third kappa shape index (κ3) is 4.46. The number of halogens is 1. The molecule has 1 amide bonds. The fourth-order valence-corrected chi connectivity index (χ4v) is 3.19. The number of rotatable bonds is 5. The van der Waals surface area contributed by atoms with Crippen LogP contribution < -0.4 is 5.32 Å². The van der Waals surface area contributed by atoms with Crippen LogP contribution in [0.1, 0.15) is 11.1 Å². The van der Waals surface area contributed by atoms with E-state index in [-0.39, 0.29) is 16.6 Å². The average Bonchev–Trinajstić information content (AvgIpc) is 3.19. The van der Waals surface area contributed by atoms with Gasteiger partial charge in [0.05, 0.1) is 4.92 Å². The van der Waals surface area contributed by atoms with Crippen molar-refractivity contribution in [2.24, 2.45) is 0 Å². The number of fused-ring (bicyclic) bond motifs is 1. The van der Waals surface area contributed by atoms with Crippen LogP contribution in [0.3, 0.4) is 0 Å². The average molecular weight is 434 g/mol. The van der Waals surface area contributed by atoms with Crippen molar-refractivity contribution in [3.05, 3.63) is 93.0 Å². The highest BCUT2D eigenvalue weighted by molar-refractivity contribution is 6.32. The van der Waals surface area contributed by atoms with Gasteiger partial charge in [0.1, 0.15) is 10.5 Å². The largest absolute Gasteiger partial charge is 0.436 e. The molecule has 0 aliphatic rings. The molecule has 0 aliphatic carbocycles. The number of aromatic nitrogens is 1. The monoisotopic (exact) mass is 433 g/mol. The van der Waals surface area contributed by atoms with E-state index in [0.717, 1.165) is 16.6 Å². The fraction of sp³-hybridized carbons (Fsp3) is 0.0435. The first kappa shape index (κ1) is 20.3. The molecule has 4 aromatic rings. The molecule has 1 N–H and O–H groups in total. The highest BCUT2D eigenvalue weighted by atomic mass is 35.5. The van der Waals surface area contributed by atoms with Gasteiger partial charge in [-0.15, -0.1) is 0 Å². The van der Waals surface area contributed by atoms with E-state index in [0.29, 0.717) is 22.7 Å². The Morgan fingerprint density at radius 3 is 2.74 bits per heavy atom. The molecule has 154 valence electrons. The first-order valence-corrected chi connectivity index (χ1v) is 9.68. The molecular formula is C23H16ClN3O4. The number of benzene rings is 3. The van der Waals surface area contributed by atoms with Gasteiger partial charge >= 0.3 is 0 Å². The number of hydrogen-bond donors (Lipinski definition) is 1. The molecular weight excluding hydrogens is 418 g/mol. The minimum Gasteiger partial charge on any atom is -0.436 e. The molecule has 0 saturated heterocycles.